The third kappa shape index (κ3) is 3.34. The zero-order valence-corrected chi connectivity index (χ0v) is 9.25. The SMILES string of the molecule is CCCN(C)Cc1cc(NC)ccn1. The molecule has 0 aliphatic heterocycles. The van der Waals surface area contributed by atoms with Crippen LogP contribution in [0, 0.1) is 0 Å². The molecule has 0 spiro atoms. The Balaban J connectivity index is 2.57. The molecule has 0 saturated carbocycles. The molecule has 14 heavy (non-hydrogen) atoms. The summed E-state index contributed by atoms with van der Waals surface area (Å²) in [6.07, 6.45) is 3.03. The van der Waals surface area contributed by atoms with Gasteiger partial charge in [0.25, 0.3) is 0 Å². The maximum absolute atomic E-state index is 4.33. The van der Waals surface area contributed by atoms with Crippen LogP contribution >= 0.6 is 0 Å². The summed E-state index contributed by atoms with van der Waals surface area (Å²) < 4.78 is 0. The van der Waals surface area contributed by atoms with Crippen molar-refractivity contribution in [1.82, 2.24) is 9.88 Å². The van der Waals surface area contributed by atoms with Crippen LogP contribution in [0.25, 0.3) is 0 Å². The van der Waals surface area contributed by atoms with E-state index in [-0.39, 0.29) is 0 Å². The first-order chi connectivity index (χ1) is 6.76. The first kappa shape index (κ1) is 11.0. The molecule has 3 nitrogen and oxygen atoms in total. The van der Waals surface area contributed by atoms with E-state index in [9.17, 15) is 0 Å². The number of aromatic nitrogens is 1. The van der Waals surface area contributed by atoms with Crippen molar-refractivity contribution in [2.24, 2.45) is 0 Å². The molecule has 3 heteroatoms. The summed E-state index contributed by atoms with van der Waals surface area (Å²) in [5, 5.41) is 3.11. The van der Waals surface area contributed by atoms with Gasteiger partial charge in [-0.15, -0.1) is 0 Å². The summed E-state index contributed by atoms with van der Waals surface area (Å²) >= 11 is 0. The van der Waals surface area contributed by atoms with Gasteiger partial charge in [-0.25, -0.2) is 0 Å². The topological polar surface area (TPSA) is 28.2 Å². The number of hydrogen-bond acceptors (Lipinski definition) is 3. The smallest absolute Gasteiger partial charge is 0.0564 e. The maximum atomic E-state index is 4.33. The van der Waals surface area contributed by atoms with Gasteiger partial charge in [0, 0.05) is 25.5 Å². The van der Waals surface area contributed by atoms with E-state index in [0.717, 1.165) is 24.5 Å². The van der Waals surface area contributed by atoms with Crippen molar-refractivity contribution in [2.75, 3.05) is 26.0 Å². The number of pyridine rings is 1. The fourth-order valence-corrected chi connectivity index (χ4v) is 1.46. The van der Waals surface area contributed by atoms with Crippen LogP contribution < -0.4 is 5.32 Å². The monoisotopic (exact) mass is 193 g/mol. The van der Waals surface area contributed by atoms with Crippen molar-refractivity contribution in [1.29, 1.82) is 0 Å². The van der Waals surface area contributed by atoms with Crippen LogP contribution in [0.2, 0.25) is 0 Å². The Labute approximate surface area is 86.2 Å². The van der Waals surface area contributed by atoms with Crippen LogP contribution in [-0.4, -0.2) is 30.5 Å². The fraction of sp³-hybridized carbons (Fsp3) is 0.545. The van der Waals surface area contributed by atoms with E-state index >= 15 is 0 Å². The molecule has 78 valence electrons. The highest BCUT2D eigenvalue weighted by Gasteiger charge is 2.00. The van der Waals surface area contributed by atoms with Crippen molar-refractivity contribution in [2.45, 2.75) is 19.9 Å². The first-order valence-corrected chi connectivity index (χ1v) is 5.07. The molecule has 0 fully saturated rings. The molecule has 1 heterocycles. The molecular formula is C11H19N3. The molecule has 0 unspecified atom stereocenters. The van der Waals surface area contributed by atoms with E-state index in [1.165, 1.54) is 6.42 Å². The Morgan fingerprint density at radius 1 is 1.50 bits per heavy atom. The quantitative estimate of drug-likeness (QED) is 0.775. The van der Waals surface area contributed by atoms with Gasteiger partial charge in [0.05, 0.1) is 5.69 Å². The van der Waals surface area contributed by atoms with Gasteiger partial charge in [-0.1, -0.05) is 6.92 Å². The van der Waals surface area contributed by atoms with Crippen LogP contribution in [-0.2, 0) is 6.54 Å². The second-order valence-corrected chi connectivity index (χ2v) is 3.52. The number of hydrogen-bond donors (Lipinski definition) is 1. The van der Waals surface area contributed by atoms with E-state index in [4.69, 9.17) is 0 Å². The molecule has 1 rings (SSSR count). The fourth-order valence-electron chi connectivity index (χ4n) is 1.46. The molecular weight excluding hydrogens is 174 g/mol. The van der Waals surface area contributed by atoms with E-state index in [2.05, 4.69) is 35.2 Å². The van der Waals surface area contributed by atoms with Crippen LogP contribution in [0.1, 0.15) is 19.0 Å². The van der Waals surface area contributed by atoms with Crippen molar-refractivity contribution < 1.29 is 0 Å². The summed E-state index contributed by atoms with van der Waals surface area (Å²) in [6, 6.07) is 4.06. The highest BCUT2D eigenvalue weighted by atomic mass is 15.1. The largest absolute Gasteiger partial charge is 0.388 e. The predicted octanol–water partition coefficient (Wildman–Crippen LogP) is 1.97. The van der Waals surface area contributed by atoms with Crippen molar-refractivity contribution in [3.8, 4) is 0 Å². The van der Waals surface area contributed by atoms with E-state index in [1.54, 1.807) is 0 Å². The summed E-state index contributed by atoms with van der Waals surface area (Å²) in [5.41, 5.74) is 2.24. The lowest BCUT2D eigenvalue weighted by Crippen LogP contribution is -2.19. The average molecular weight is 193 g/mol. The van der Waals surface area contributed by atoms with Gasteiger partial charge in [-0.05, 0) is 32.1 Å². The second kappa shape index (κ2) is 5.60. The van der Waals surface area contributed by atoms with Crippen LogP contribution in [0.3, 0.4) is 0 Å². The van der Waals surface area contributed by atoms with Gasteiger partial charge in [-0.2, -0.15) is 0 Å². The molecule has 0 bridgehead atoms. The third-order valence-electron chi connectivity index (χ3n) is 2.14. The van der Waals surface area contributed by atoms with Crippen molar-refractivity contribution in [3.05, 3.63) is 24.0 Å². The van der Waals surface area contributed by atoms with Crippen molar-refractivity contribution in [3.63, 3.8) is 0 Å². The zero-order valence-electron chi connectivity index (χ0n) is 9.25. The zero-order chi connectivity index (χ0) is 10.4. The lowest BCUT2D eigenvalue weighted by atomic mass is 10.3. The van der Waals surface area contributed by atoms with Gasteiger partial charge < -0.3 is 10.2 Å². The Bertz CT molecular complexity index is 273. The first-order valence-electron chi connectivity index (χ1n) is 5.07. The molecule has 1 N–H and O–H groups in total. The number of nitrogens with zero attached hydrogens (tertiary/aromatic N) is 2. The summed E-state index contributed by atoms with van der Waals surface area (Å²) in [4.78, 5) is 6.61. The molecule has 0 saturated heterocycles. The standard InChI is InChI=1S/C11H19N3/c1-4-7-14(3)9-11-8-10(12-2)5-6-13-11/h5-6,8H,4,7,9H2,1-3H3,(H,12,13). The minimum atomic E-state index is 0.920. The molecule has 0 aromatic carbocycles. The van der Waals surface area contributed by atoms with Gasteiger partial charge in [-0.3, -0.25) is 4.98 Å². The Kier molecular flexibility index (Phi) is 4.40. The molecule has 0 aliphatic carbocycles. The molecule has 0 aliphatic rings. The highest BCUT2D eigenvalue weighted by Crippen LogP contribution is 2.08. The molecule has 1 aromatic rings. The second-order valence-electron chi connectivity index (χ2n) is 3.52. The average Bonchev–Trinajstić information content (AvgIpc) is 2.18. The molecule has 0 radical (unpaired) electrons. The van der Waals surface area contributed by atoms with Crippen molar-refractivity contribution >= 4 is 5.69 Å². The molecule has 0 atom stereocenters. The Hall–Kier alpha value is -1.09. The maximum Gasteiger partial charge on any atom is 0.0564 e. The predicted molar refractivity (Wildman–Crippen MR) is 60.4 cm³/mol. The number of rotatable bonds is 5. The van der Waals surface area contributed by atoms with Crippen LogP contribution in [0.4, 0.5) is 5.69 Å². The minimum absolute atomic E-state index is 0.920. The lowest BCUT2D eigenvalue weighted by Gasteiger charge is -2.15. The molecule has 1 aromatic heterocycles. The summed E-state index contributed by atoms with van der Waals surface area (Å²) in [6.45, 7) is 4.22. The summed E-state index contributed by atoms with van der Waals surface area (Å²) in [7, 11) is 4.05. The minimum Gasteiger partial charge on any atom is -0.388 e. The summed E-state index contributed by atoms with van der Waals surface area (Å²) in [5.74, 6) is 0. The van der Waals surface area contributed by atoms with Gasteiger partial charge in [0.2, 0.25) is 0 Å². The number of nitrogens with one attached hydrogen (secondary N) is 1. The third-order valence-corrected chi connectivity index (χ3v) is 2.14. The van der Waals surface area contributed by atoms with E-state index in [1.807, 2.05) is 19.3 Å². The normalized spacial score (nSPS) is 10.6. The van der Waals surface area contributed by atoms with E-state index < -0.39 is 0 Å². The van der Waals surface area contributed by atoms with Gasteiger partial charge in [0.15, 0.2) is 0 Å². The molecule has 0 amide bonds. The van der Waals surface area contributed by atoms with Crippen LogP contribution in [0.15, 0.2) is 18.3 Å². The van der Waals surface area contributed by atoms with Gasteiger partial charge >= 0.3 is 0 Å². The number of anilines is 1. The lowest BCUT2D eigenvalue weighted by molar-refractivity contribution is 0.323. The van der Waals surface area contributed by atoms with Gasteiger partial charge in [0.1, 0.15) is 0 Å². The Morgan fingerprint density at radius 2 is 2.29 bits per heavy atom. The highest BCUT2D eigenvalue weighted by molar-refractivity contribution is 5.42. The van der Waals surface area contributed by atoms with Crippen LogP contribution in [0.5, 0.6) is 0 Å². The Morgan fingerprint density at radius 3 is 2.93 bits per heavy atom. The van der Waals surface area contributed by atoms with E-state index in [0.29, 0.717) is 0 Å².